The van der Waals surface area contributed by atoms with E-state index < -0.39 is 0 Å². The van der Waals surface area contributed by atoms with Crippen LogP contribution in [0.2, 0.25) is 0 Å². The first-order valence-electron chi connectivity index (χ1n) is 6.30. The fraction of sp³-hybridized carbons (Fsp3) is 0.400. The number of aromatic nitrogens is 1. The van der Waals surface area contributed by atoms with Crippen molar-refractivity contribution in [2.24, 2.45) is 4.99 Å². The van der Waals surface area contributed by atoms with Gasteiger partial charge in [0.1, 0.15) is 0 Å². The molecule has 0 aliphatic carbocycles. The van der Waals surface area contributed by atoms with Gasteiger partial charge in [0.15, 0.2) is 4.80 Å². The van der Waals surface area contributed by atoms with Gasteiger partial charge < -0.3 is 4.57 Å². The van der Waals surface area contributed by atoms with Crippen molar-refractivity contribution in [3.05, 3.63) is 44.7 Å². The van der Waals surface area contributed by atoms with Crippen LogP contribution in [-0.2, 0) is 6.54 Å². The van der Waals surface area contributed by atoms with E-state index in [4.69, 9.17) is 4.99 Å². The minimum Gasteiger partial charge on any atom is -0.321 e. The number of hydrogen-bond acceptors (Lipinski definition) is 2. The van der Waals surface area contributed by atoms with E-state index in [1.165, 1.54) is 22.4 Å². The van der Waals surface area contributed by atoms with Crippen molar-refractivity contribution in [3.63, 3.8) is 0 Å². The molecule has 2 aromatic rings. The summed E-state index contributed by atoms with van der Waals surface area (Å²) in [7, 11) is 0. The molecule has 3 heteroatoms. The molecule has 2 rings (SSSR count). The molecule has 2 nitrogen and oxygen atoms in total. The predicted molar refractivity (Wildman–Crippen MR) is 78.6 cm³/mol. The van der Waals surface area contributed by atoms with Crippen LogP contribution >= 0.6 is 11.3 Å². The van der Waals surface area contributed by atoms with Crippen LogP contribution in [0.25, 0.3) is 0 Å². The maximum Gasteiger partial charge on any atom is 0.190 e. The van der Waals surface area contributed by atoms with E-state index in [2.05, 4.69) is 56.7 Å². The van der Waals surface area contributed by atoms with Gasteiger partial charge in [-0.3, -0.25) is 0 Å². The topological polar surface area (TPSA) is 17.3 Å². The minimum atomic E-state index is 0.970. The Bertz CT molecular complexity index is 609. The Morgan fingerprint density at radius 2 is 1.72 bits per heavy atom. The van der Waals surface area contributed by atoms with Crippen LogP contribution in [0.5, 0.6) is 0 Å². The van der Waals surface area contributed by atoms with Crippen LogP contribution in [-0.4, -0.2) is 4.57 Å². The zero-order valence-corrected chi connectivity index (χ0v) is 12.6. The van der Waals surface area contributed by atoms with Crippen LogP contribution in [0, 0.1) is 27.7 Å². The maximum atomic E-state index is 4.85. The van der Waals surface area contributed by atoms with Gasteiger partial charge in [-0.2, -0.15) is 0 Å². The molecule has 1 aromatic heterocycles. The lowest BCUT2D eigenvalue weighted by Crippen LogP contribution is -2.14. The molecule has 18 heavy (non-hydrogen) atoms. The van der Waals surface area contributed by atoms with E-state index in [-0.39, 0.29) is 0 Å². The number of benzene rings is 1. The van der Waals surface area contributed by atoms with Crippen molar-refractivity contribution in [3.8, 4) is 0 Å². The first-order chi connectivity index (χ1) is 8.52. The minimum absolute atomic E-state index is 0.970. The molecule has 0 aliphatic heterocycles. The highest BCUT2D eigenvalue weighted by Crippen LogP contribution is 2.24. The van der Waals surface area contributed by atoms with Crippen molar-refractivity contribution < 1.29 is 0 Å². The molecule has 0 amide bonds. The van der Waals surface area contributed by atoms with Gasteiger partial charge in [-0.15, -0.1) is 11.3 Å². The van der Waals surface area contributed by atoms with Gasteiger partial charge in [0.2, 0.25) is 0 Å². The molecule has 0 saturated carbocycles. The zero-order valence-electron chi connectivity index (χ0n) is 11.7. The Kier molecular flexibility index (Phi) is 3.71. The summed E-state index contributed by atoms with van der Waals surface area (Å²) in [5.74, 6) is 0. The molecule has 0 fully saturated rings. The standard InChI is InChI=1S/C15H20N2S/c1-6-17-13(5)9-18-15(17)16-14-11(3)7-10(2)8-12(14)4/h7-9H,6H2,1-5H3. The Morgan fingerprint density at radius 1 is 1.11 bits per heavy atom. The molecular weight excluding hydrogens is 240 g/mol. The average Bonchev–Trinajstić information content (AvgIpc) is 2.64. The Labute approximate surface area is 113 Å². The van der Waals surface area contributed by atoms with Crippen molar-refractivity contribution in [2.75, 3.05) is 0 Å². The first-order valence-corrected chi connectivity index (χ1v) is 7.18. The maximum absolute atomic E-state index is 4.85. The molecule has 0 aliphatic rings. The van der Waals surface area contributed by atoms with Crippen LogP contribution in [0.15, 0.2) is 22.5 Å². The third kappa shape index (κ3) is 2.41. The van der Waals surface area contributed by atoms with Crippen molar-refractivity contribution in [1.29, 1.82) is 0 Å². The third-order valence-electron chi connectivity index (χ3n) is 3.15. The summed E-state index contributed by atoms with van der Waals surface area (Å²) < 4.78 is 2.25. The van der Waals surface area contributed by atoms with Crippen molar-refractivity contribution in [2.45, 2.75) is 41.2 Å². The Morgan fingerprint density at radius 3 is 2.28 bits per heavy atom. The normalized spacial score (nSPS) is 12.2. The van der Waals surface area contributed by atoms with E-state index in [0.717, 1.165) is 17.0 Å². The summed E-state index contributed by atoms with van der Waals surface area (Å²) in [6.45, 7) is 11.7. The number of aryl methyl sites for hydroxylation is 4. The summed E-state index contributed by atoms with van der Waals surface area (Å²) >= 11 is 1.71. The molecule has 96 valence electrons. The second kappa shape index (κ2) is 5.11. The van der Waals surface area contributed by atoms with Gasteiger partial charge in [-0.05, 0) is 45.7 Å². The molecule has 0 saturated heterocycles. The van der Waals surface area contributed by atoms with Crippen LogP contribution in [0.1, 0.15) is 29.3 Å². The predicted octanol–water partition coefficient (Wildman–Crippen LogP) is 4.04. The summed E-state index contributed by atoms with van der Waals surface area (Å²) in [6.07, 6.45) is 0. The van der Waals surface area contributed by atoms with Gasteiger partial charge in [-0.25, -0.2) is 4.99 Å². The number of hydrogen-bond donors (Lipinski definition) is 0. The average molecular weight is 260 g/mol. The van der Waals surface area contributed by atoms with Crippen LogP contribution in [0.4, 0.5) is 5.69 Å². The summed E-state index contributed by atoms with van der Waals surface area (Å²) in [5, 5.41) is 2.17. The van der Waals surface area contributed by atoms with Crippen molar-refractivity contribution in [1.82, 2.24) is 4.57 Å². The number of thiazole rings is 1. The van der Waals surface area contributed by atoms with Gasteiger partial charge >= 0.3 is 0 Å². The van der Waals surface area contributed by atoms with Gasteiger partial charge in [0.25, 0.3) is 0 Å². The fourth-order valence-corrected chi connectivity index (χ4v) is 3.28. The van der Waals surface area contributed by atoms with E-state index >= 15 is 0 Å². The van der Waals surface area contributed by atoms with Crippen LogP contribution in [0.3, 0.4) is 0 Å². The SMILES string of the molecule is CCn1c(C)csc1=Nc1c(C)cc(C)cc1C. The largest absolute Gasteiger partial charge is 0.321 e. The van der Waals surface area contributed by atoms with Crippen LogP contribution < -0.4 is 4.80 Å². The highest BCUT2D eigenvalue weighted by atomic mass is 32.1. The summed E-state index contributed by atoms with van der Waals surface area (Å²) in [4.78, 5) is 5.94. The van der Waals surface area contributed by atoms with E-state index in [1.807, 2.05) is 0 Å². The summed E-state index contributed by atoms with van der Waals surface area (Å²) in [5.41, 5.74) is 6.20. The van der Waals surface area contributed by atoms with E-state index in [0.29, 0.717) is 0 Å². The smallest absolute Gasteiger partial charge is 0.190 e. The number of nitrogens with zero attached hydrogens (tertiary/aromatic N) is 2. The molecule has 0 atom stereocenters. The van der Waals surface area contributed by atoms with E-state index in [1.54, 1.807) is 11.3 Å². The van der Waals surface area contributed by atoms with E-state index in [9.17, 15) is 0 Å². The fourth-order valence-electron chi connectivity index (χ4n) is 2.33. The highest BCUT2D eigenvalue weighted by molar-refractivity contribution is 7.07. The molecule has 0 spiro atoms. The third-order valence-corrected chi connectivity index (χ3v) is 4.13. The zero-order chi connectivity index (χ0) is 13.3. The van der Waals surface area contributed by atoms with Crippen molar-refractivity contribution >= 4 is 17.0 Å². The Hall–Kier alpha value is -1.35. The highest BCUT2D eigenvalue weighted by Gasteiger charge is 2.04. The molecule has 0 N–H and O–H groups in total. The second-order valence-corrected chi connectivity index (χ2v) is 5.60. The molecule has 0 radical (unpaired) electrons. The molecular formula is C15H20N2S. The molecule has 1 heterocycles. The van der Waals surface area contributed by atoms with Gasteiger partial charge in [0.05, 0.1) is 5.69 Å². The van der Waals surface area contributed by atoms with Gasteiger partial charge in [-0.1, -0.05) is 17.7 Å². The summed E-state index contributed by atoms with van der Waals surface area (Å²) in [6, 6.07) is 4.39. The quantitative estimate of drug-likeness (QED) is 0.775. The first kappa shape index (κ1) is 13.1. The second-order valence-electron chi connectivity index (χ2n) is 4.76. The molecule has 0 unspecified atom stereocenters. The lowest BCUT2D eigenvalue weighted by Gasteiger charge is -2.07. The molecule has 1 aromatic carbocycles. The lowest BCUT2D eigenvalue weighted by atomic mass is 10.1. The lowest BCUT2D eigenvalue weighted by molar-refractivity contribution is 0.712. The van der Waals surface area contributed by atoms with Gasteiger partial charge in [0, 0.05) is 17.6 Å². The Balaban J connectivity index is 2.64. The monoisotopic (exact) mass is 260 g/mol. The molecule has 0 bridgehead atoms. The number of rotatable bonds is 2.